The molecule has 4 aliphatic carbocycles. The van der Waals surface area contributed by atoms with Gasteiger partial charge < -0.3 is 15.7 Å². The molecule has 0 heterocycles. The van der Waals surface area contributed by atoms with Gasteiger partial charge in [0.2, 0.25) is 0 Å². The summed E-state index contributed by atoms with van der Waals surface area (Å²) >= 11 is 0. The predicted octanol–water partition coefficient (Wildman–Crippen LogP) is 4.25. The molecule has 31 heavy (non-hydrogen) atoms. The third-order valence-electron chi connectivity index (χ3n) is 9.51. The Morgan fingerprint density at radius 3 is 2.74 bits per heavy atom. The van der Waals surface area contributed by atoms with Crippen LogP contribution in [0.2, 0.25) is 0 Å². The number of allylic oxidation sites excluding steroid dienone is 1. The quantitative estimate of drug-likeness (QED) is 0.200. The van der Waals surface area contributed by atoms with Crippen LogP contribution in [0.1, 0.15) is 72.1 Å². The first-order chi connectivity index (χ1) is 14.8. The Hall–Kier alpha value is -1.40. The number of oxime groups is 1. The molecule has 0 aliphatic heterocycles. The van der Waals surface area contributed by atoms with Crippen molar-refractivity contribution in [1.82, 2.24) is 10.6 Å². The Kier molecular flexibility index (Phi) is 6.51. The molecule has 0 radical (unpaired) electrons. The van der Waals surface area contributed by atoms with E-state index in [9.17, 15) is 9.90 Å². The van der Waals surface area contributed by atoms with E-state index < -0.39 is 6.09 Å². The van der Waals surface area contributed by atoms with Crippen molar-refractivity contribution in [1.29, 1.82) is 0 Å². The van der Waals surface area contributed by atoms with Crippen LogP contribution in [0, 0.1) is 34.5 Å². The molecule has 4 rings (SSSR count). The predicted molar refractivity (Wildman–Crippen MR) is 123 cm³/mol. The van der Waals surface area contributed by atoms with Gasteiger partial charge in [0, 0.05) is 19.0 Å². The molecule has 3 N–H and O–H groups in total. The SMILES string of the molecule is CNCCNC(=O)O/N=C(\C)[C@H]1CC[C@H]2[C@@H]3CCC4=C[C@H](O)CC[C@]4(C)[C@H]3CC[C@]12C. The minimum Gasteiger partial charge on any atom is -0.389 e. The van der Waals surface area contributed by atoms with Crippen LogP contribution in [0.4, 0.5) is 4.79 Å². The van der Waals surface area contributed by atoms with Crippen LogP contribution in [0.5, 0.6) is 0 Å². The van der Waals surface area contributed by atoms with Crippen LogP contribution < -0.4 is 10.6 Å². The van der Waals surface area contributed by atoms with Gasteiger partial charge in [-0.2, -0.15) is 0 Å². The number of carbonyl (C=O) groups is 1. The Balaban J connectivity index is 1.45. The van der Waals surface area contributed by atoms with Crippen molar-refractivity contribution in [3.05, 3.63) is 11.6 Å². The standard InChI is InChI=1S/C25H41N3O3/c1-16(28-31-23(30)27-14-13-26-4)20-7-8-21-19-6-5-17-15-18(29)9-11-24(17,2)22(19)10-12-25(20,21)3/h15,18-22,26,29H,5-14H2,1-4H3,(H,27,30)/b28-16+/t18-,19+,20-,21+,22+,24+,25-/m1/s1. The summed E-state index contributed by atoms with van der Waals surface area (Å²) in [6, 6.07) is 0. The molecule has 0 aromatic heterocycles. The van der Waals surface area contributed by atoms with E-state index in [4.69, 9.17) is 4.84 Å². The maximum absolute atomic E-state index is 11.9. The molecule has 6 nitrogen and oxygen atoms in total. The van der Waals surface area contributed by atoms with Crippen molar-refractivity contribution in [2.75, 3.05) is 20.1 Å². The monoisotopic (exact) mass is 431 g/mol. The lowest BCUT2D eigenvalue weighted by Gasteiger charge is -2.58. The Morgan fingerprint density at radius 2 is 1.97 bits per heavy atom. The summed E-state index contributed by atoms with van der Waals surface area (Å²) in [5, 5.41) is 20.1. The summed E-state index contributed by atoms with van der Waals surface area (Å²) in [5.41, 5.74) is 3.02. The Bertz CT molecular complexity index is 750. The topological polar surface area (TPSA) is 83.0 Å². The number of aliphatic hydroxyl groups excluding tert-OH is 1. The van der Waals surface area contributed by atoms with Crippen LogP contribution in [-0.2, 0) is 4.84 Å². The van der Waals surface area contributed by atoms with Crippen molar-refractivity contribution in [2.24, 2.45) is 39.7 Å². The summed E-state index contributed by atoms with van der Waals surface area (Å²) in [5.74, 6) is 2.61. The van der Waals surface area contributed by atoms with E-state index in [-0.39, 0.29) is 16.9 Å². The van der Waals surface area contributed by atoms with Crippen molar-refractivity contribution >= 4 is 11.8 Å². The number of carbonyl (C=O) groups excluding carboxylic acids is 1. The Morgan fingerprint density at radius 1 is 1.16 bits per heavy atom. The van der Waals surface area contributed by atoms with Crippen LogP contribution >= 0.6 is 0 Å². The van der Waals surface area contributed by atoms with E-state index in [0.29, 0.717) is 19.0 Å². The molecule has 0 aromatic rings. The number of rotatable bonds is 5. The van der Waals surface area contributed by atoms with E-state index in [1.54, 1.807) is 0 Å². The first kappa shape index (κ1) is 22.8. The summed E-state index contributed by atoms with van der Waals surface area (Å²) in [4.78, 5) is 17.1. The van der Waals surface area contributed by atoms with Crippen molar-refractivity contribution in [2.45, 2.75) is 78.2 Å². The fourth-order valence-electron chi connectivity index (χ4n) is 7.90. The maximum Gasteiger partial charge on any atom is 0.433 e. The molecule has 0 aromatic carbocycles. The lowest BCUT2D eigenvalue weighted by Crippen LogP contribution is -2.51. The van der Waals surface area contributed by atoms with Crippen molar-refractivity contribution < 1.29 is 14.7 Å². The molecule has 0 spiro atoms. The van der Waals surface area contributed by atoms with E-state index in [1.165, 1.54) is 31.3 Å². The second-order valence-corrected chi connectivity index (χ2v) is 10.9. The number of fused-ring (bicyclic) bond motifs is 5. The number of nitrogens with one attached hydrogen (secondary N) is 2. The van der Waals surface area contributed by atoms with Crippen LogP contribution in [0.25, 0.3) is 0 Å². The maximum atomic E-state index is 11.9. The van der Waals surface area contributed by atoms with E-state index in [2.05, 4.69) is 35.7 Å². The zero-order chi connectivity index (χ0) is 22.2. The second-order valence-electron chi connectivity index (χ2n) is 10.9. The van der Waals surface area contributed by atoms with Crippen molar-refractivity contribution in [3.63, 3.8) is 0 Å². The van der Waals surface area contributed by atoms with Crippen LogP contribution in [0.3, 0.4) is 0 Å². The number of likely N-dealkylation sites (N-methyl/N-ethyl adjacent to an activating group) is 1. The molecular formula is C25H41N3O3. The molecule has 3 fully saturated rings. The van der Waals surface area contributed by atoms with Gasteiger partial charge in [-0.15, -0.1) is 0 Å². The van der Waals surface area contributed by atoms with Gasteiger partial charge in [0.1, 0.15) is 0 Å². The van der Waals surface area contributed by atoms with Crippen molar-refractivity contribution in [3.8, 4) is 0 Å². The summed E-state index contributed by atoms with van der Waals surface area (Å²) in [6.07, 6.45) is 10.8. The fraction of sp³-hybridized carbons (Fsp3) is 0.840. The summed E-state index contributed by atoms with van der Waals surface area (Å²) in [6.45, 7) is 8.22. The minimum atomic E-state index is -0.475. The highest BCUT2D eigenvalue weighted by Gasteiger charge is 2.59. The summed E-state index contributed by atoms with van der Waals surface area (Å²) < 4.78 is 0. The minimum absolute atomic E-state index is 0.237. The largest absolute Gasteiger partial charge is 0.433 e. The summed E-state index contributed by atoms with van der Waals surface area (Å²) in [7, 11) is 1.85. The molecule has 1 amide bonds. The average Bonchev–Trinajstić information content (AvgIpc) is 3.10. The van der Waals surface area contributed by atoms with Crippen LogP contribution in [-0.4, -0.2) is 43.2 Å². The zero-order valence-corrected chi connectivity index (χ0v) is 19.7. The highest BCUT2D eigenvalue weighted by atomic mass is 16.7. The van der Waals surface area contributed by atoms with Gasteiger partial charge in [0.25, 0.3) is 0 Å². The highest BCUT2D eigenvalue weighted by molar-refractivity contribution is 5.85. The van der Waals surface area contributed by atoms with E-state index >= 15 is 0 Å². The van der Waals surface area contributed by atoms with Gasteiger partial charge in [-0.3, -0.25) is 4.84 Å². The molecule has 6 heteroatoms. The highest BCUT2D eigenvalue weighted by Crippen LogP contribution is 2.66. The van der Waals surface area contributed by atoms with Gasteiger partial charge in [-0.25, -0.2) is 4.79 Å². The lowest BCUT2D eigenvalue weighted by atomic mass is 9.46. The fourth-order valence-corrected chi connectivity index (χ4v) is 7.90. The molecule has 0 bridgehead atoms. The Labute approximate surface area is 187 Å². The van der Waals surface area contributed by atoms with Gasteiger partial charge in [0.05, 0.1) is 11.8 Å². The first-order valence-corrected chi connectivity index (χ1v) is 12.3. The number of hydrogen-bond acceptors (Lipinski definition) is 5. The van der Waals surface area contributed by atoms with Gasteiger partial charge in [0.15, 0.2) is 0 Å². The number of amides is 1. The van der Waals surface area contributed by atoms with Gasteiger partial charge in [-0.1, -0.05) is 30.7 Å². The molecule has 174 valence electrons. The number of hydrogen-bond donors (Lipinski definition) is 3. The lowest BCUT2D eigenvalue weighted by molar-refractivity contribution is -0.0479. The second kappa shape index (κ2) is 8.86. The molecule has 7 atom stereocenters. The molecule has 0 saturated heterocycles. The number of aliphatic hydroxyl groups is 1. The van der Waals surface area contributed by atoms with Crippen LogP contribution in [0.15, 0.2) is 16.8 Å². The van der Waals surface area contributed by atoms with Gasteiger partial charge >= 0.3 is 6.09 Å². The van der Waals surface area contributed by atoms with Gasteiger partial charge in [-0.05, 0) is 93.9 Å². The first-order valence-electron chi connectivity index (χ1n) is 12.3. The molecule has 3 saturated carbocycles. The normalized spacial score (nSPS) is 42.2. The molecule has 0 unspecified atom stereocenters. The molecule has 4 aliphatic rings. The smallest absolute Gasteiger partial charge is 0.389 e. The third-order valence-corrected chi connectivity index (χ3v) is 9.51. The van der Waals surface area contributed by atoms with E-state index in [1.807, 2.05) is 14.0 Å². The third kappa shape index (κ3) is 4.06. The molecular weight excluding hydrogens is 390 g/mol. The average molecular weight is 432 g/mol. The zero-order valence-electron chi connectivity index (χ0n) is 19.7. The number of nitrogens with zero attached hydrogens (tertiary/aromatic N) is 1. The van der Waals surface area contributed by atoms with E-state index in [0.717, 1.165) is 49.1 Å².